The van der Waals surface area contributed by atoms with Crippen LogP contribution in [0.2, 0.25) is 0 Å². The van der Waals surface area contributed by atoms with Crippen molar-refractivity contribution in [2.75, 3.05) is 20.2 Å². The van der Waals surface area contributed by atoms with Crippen LogP contribution in [0.3, 0.4) is 0 Å². The van der Waals surface area contributed by atoms with E-state index >= 15 is 0 Å². The minimum absolute atomic E-state index is 0.0347. The van der Waals surface area contributed by atoms with Crippen LogP contribution in [0.1, 0.15) is 6.42 Å². The molecule has 0 aromatic heterocycles. The quantitative estimate of drug-likeness (QED) is 0.623. The van der Waals surface area contributed by atoms with Gasteiger partial charge < -0.3 is 4.74 Å². The maximum atomic E-state index is 11.7. The molecule has 0 saturated carbocycles. The van der Waals surface area contributed by atoms with Crippen LogP contribution >= 0.6 is 0 Å². The summed E-state index contributed by atoms with van der Waals surface area (Å²) in [5, 5.41) is 3.56. The predicted octanol–water partition coefficient (Wildman–Crippen LogP) is 0.00630. The molecule has 1 atom stereocenters. The van der Waals surface area contributed by atoms with Crippen LogP contribution in [0.5, 0.6) is 0 Å². The van der Waals surface area contributed by atoms with Crippen molar-refractivity contribution in [3.8, 4) is 0 Å². The zero-order chi connectivity index (χ0) is 9.97. The fourth-order valence-electron chi connectivity index (χ4n) is 1.66. The highest BCUT2D eigenvalue weighted by Gasteiger charge is 2.34. The Kier molecular flexibility index (Phi) is 2.49. The largest absolute Gasteiger partial charge is 0.371 e. The summed E-state index contributed by atoms with van der Waals surface area (Å²) < 4.78 is 5.07. The summed E-state index contributed by atoms with van der Waals surface area (Å²) in [5.41, 5.74) is 0. The monoisotopic (exact) mass is 195 g/mol. The fraction of sp³-hybridized carbons (Fsp3) is 0.556. The van der Waals surface area contributed by atoms with Gasteiger partial charge in [-0.2, -0.15) is 0 Å². The molecule has 2 aliphatic heterocycles. The van der Waals surface area contributed by atoms with Crippen LogP contribution in [0.4, 0.5) is 0 Å². The molecule has 0 spiro atoms. The summed E-state index contributed by atoms with van der Waals surface area (Å²) >= 11 is 0. The zero-order valence-corrected chi connectivity index (χ0v) is 8.09. The first-order valence-electron chi connectivity index (χ1n) is 4.62. The number of rotatable bonds is 2. The number of carbonyl (C=O) groups is 1. The molecule has 5 nitrogen and oxygen atoms in total. The van der Waals surface area contributed by atoms with Gasteiger partial charge in [-0.25, -0.2) is 0 Å². The van der Waals surface area contributed by atoms with Crippen molar-refractivity contribution in [3.05, 3.63) is 12.4 Å². The highest BCUT2D eigenvalue weighted by molar-refractivity contribution is 5.83. The van der Waals surface area contributed by atoms with E-state index in [-0.39, 0.29) is 12.0 Å². The first-order valence-corrected chi connectivity index (χ1v) is 4.62. The lowest BCUT2D eigenvalue weighted by atomic mass is 10.3. The van der Waals surface area contributed by atoms with Crippen molar-refractivity contribution < 1.29 is 9.53 Å². The first kappa shape index (κ1) is 9.21. The third-order valence-corrected chi connectivity index (χ3v) is 2.43. The molecule has 2 heterocycles. The van der Waals surface area contributed by atoms with Crippen molar-refractivity contribution in [3.63, 3.8) is 0 Å². The van der Waals surface area contributed by atoms with Crippen molar-refractivity contribution >= 4 is 12.1 Å². The molecule has 1 saturated heterocycles. The molecule has 14 heavy (non-hydrogen) atoms. The van der Waals surface area contributed by atoms with Gasteiger partial charge in [0, 0.05) is 38.7 Å². The minimum atomic E-state index is -0.276. The number of aliphatic imine (C=N–C) groups is 1. The maximum Gasteiger partial charge on any atom is 0.270 e. The molecule has 2 aliphatic rings. The molecule has 0 aromatic carbocycles. The molecule has 1 amide bonds. The lowest BCUT2D eigenvalue weighted by Crippen LogP contribution is -2.43. The zero-order valence-electron chi connectivity index (χ0n) is 8.09. The van der Waals surface area contributed by atoms with Gasteiger partial charge in [-0.1, -0.05) is 0 Å². The van der Waals surface area contributed by atoms with Gasteiger partial charge >= 0.3 is 0 Å². The number of hydrazine groups is 1. The fourth-order valence-corrected chi connectivity index (χ4v) is 1.66. The second kappa shape index (κ2) is 3.79. The van der Waals surface area contributed by atoms with Crippen LogP contribution in [0, 0.1) is 0 Å². The lowest BCUT2D eigenvalue weighted by molar-refractivity contribution is -0.145. The predicted molar refractivity (Wildman–Crippen MR) is 51.5 cm³/mol. The molecule has 5 heteroatoms. The van der Waals surface area contributed by atoms with Gasteiger partial charge in [0.15, 0.2) is 0 Å². The molecular weight excluding hydrogens is 182 g/mol. The normalized spacial score (nSPS) is 26.4. The van der Waals surface area contributed by atoms with Crippen molar-refractivity contribution in [2.24, 2.45) is 4.99 Å². The Morgan fingerprint density at radius 1 is 1.64 bits per heavy atom. The van der Waals surface area contributed by atoms with E-state index in [0.29, 0.717) is 6.54 Å². The molecule has 2 rings (SSSR count). The Morgan fingerprint density at radius 3 is 3.07 bits per heavy atom. The Balaban J connectivity index is 2.02. The molecule has 0 aromatic rings. The van der Waals surface area contributed by atoms with Gasteiger partial charge in [0.2, 0.25) is 0 Å². The number of hydrogen-bond donors (Lipinski definition) is 0. The molecule has 1 fully saturated rings. The second-order valence-corrected chi connectivity index (χ2v) is 3.23. The Labute approximate surface area is 82.6 Å². The van der Waals surface area contributed by atoms with E-state index in [4.69, 9.17) is 4.74 Å². The van der Waals surface area contributed by atoms with Crippen LogP contribution in [-0.2, 0) is 9.53 Å². The van der Waals surface area contributed by atoms with Gasteiger partial charge in [0.05, 0.1) is 6.54 Å². The van der Waals surface area contributed by atoms with E-state index < -0.39 is 0 Å². The van der Waals surface area contributed by atoms with Gasteiger partial charge in [0.1, 0.15) is 6.10 Å². The van der Waals surface area contributed by atoms with E-state index in [9.17, 15) is 4.79 Å². The molecule has 1 unspecified atom stereocenters. The number of amides is 1. The number of hydrogen-bond acceptors (Lipinski definition) is 4. The average Bonchev–Trinajstić information content (AvgIpc) is 2.61. The minimum Gasteiger partial charge on any atom is -0.371 e. The summed E-state index contributed by atoms with van der Waals surface area (Å²) in [6, 6.07) is 0. The van der Waals surface area contributed by atoms with E-state index in [1.165, 1.54) is 0 Å². The first-order chi connectivity index (χ1) is 6.83. The Morgan fingerprint density at radius 2 is 2.50 bits per heavy atom. The molecule has 0 bridgehead atoms. The molecule has 0 N–H and O–H groups in total. The molecule has 76 valence electrons. The van der Waals surface area contributed by atoms with Gasteiger partial charge in [-0.3, -0.25) is 19.8 Å². The summed E-state index contributed by atoms with van der Waals surface area (Å²) in [6.45, 7) is 1.37. The number of carbonyl (C=O) groups excluding carboxylic acids is 1. The number of nitrogens with zero attached hydrogens (tertiary/aromatic N) is 3. The van der Waals surface area contributed by atoms with Gasteiger partial charge in [-0.05, 0) is 0 Å². The molecular formula is C9H13N3O2. The average molecular weight is 195 g/mol. The van der Waals surface area contributed by atoms with Crippen molar-refractivity contribution in [2.45, 2.75) is 12.5 Å². The van der Waals surface area contributed by atoms with E-state index in [1.807, 2.05) is 5.01 Å². The van der Waals surface area contributed by atoms with Crippen LogP contribution < -0.4 is 0 Å². The molecule has 0 aliphatic carbocycles. The molecule has 0 radical (unpaired) electrons. The van der Waals surface area contributed by atoms with Crippen LogP contribution in [0.15, 0.2) is 17.4 Å². The van der Waals surface area contributed by atoms with Crippen LogP contribution in [0.25, 0.3) is 0 Å². The highest BCUT2D eigenvalue weighted by atomic mass is 16.5. The van der Waals surface area contributed by atoms with Crippen LogP contribution in [-0.4, -0.2) is 48.4 Å². The van der Waals surface area contributed by atoms with E-state index in [0.717, 1.165) is 13.0 Å². The Bertz CT molecular complexity index is 288. The third-order valence-electron chi connectivity index (χ3n) is 2.43. The standard InChI is InChI=1S/C9H13N3O2/c1-14-8-2-5-12(9(8)13)11-6-3-10-4-7-11/h3-4,6,8H,2,5,7H2,1H3. The number of methoxy groups -OCH3 is 1. The van der Waals surface area contributed by atoms with Gasteiger partial charge in [-0.15, -0.1) is 0 Å². The smallest absolute Gasteiger partial charge is 0.270 e. The highest BCUT2D eigenvalue weighted by Crippen LogP contribution is 2.16. The summed E-state index contributed by atoms with van der Waals surface area (Å²) in [6.07, 6.45) is 5.74. The lowest BCUT2D eigenvalue weighted by Gasteiger charge is -2.30. The Hall–Kier alpha value is -1.36. The van der Waals surface area contributed by atoms with Gasteiger partial charge in [0.25, 0.3) is 5.91 Å². The SMILES string of the molecule is COC1CCN(N2C=CN=CC2)C1=O. The van der Waals surface area contributed by atoms with Crippen molar-refractivity contribution in [1.82, 2.24) is 10.0 Å². The topological polar surface area (TPSA) is 45.1 Å². The van der Waals surface area contributed by atoms with E-state index in [2.05, 4.69) is 4.99 Å². The third kappa shape index (κ3) is 1.50. The second-order valence-electron chi connectivity index (χ2n) is 3.23. The maximum absolute atomic E-state index is 11.7. The van der Waals surface area contributed by atoms with Crippen molar-refractivity contribution in [1.29, 1.82) is 0 Å². The summed E-state index contributed by atoms with van der Waals surface area (Å²) in [5.74, 6) is 0.0347. The number of ether oxygens (including phenoxy) is 1. The van der Waals surface area contributed by atoms with E-state index in [1.54, 1.807) is 30.7 Å². The summed E-state index contributed by atoms with van der Waals surface area (Å²) in [7, 11) is 1.57. The summed E-state index contributed by atoms with van der Waals surface area (Å²) in [4.78, 5) is 15.7.